The molecule has 0 unspecified atom stereocenters. The van der Waals surface area contributed by atoms with Crippen LogP contribution >= 0.6 is 0 Å². The molecule has 7 nitrogen and oxygen atoms in total. The Morgan fingerprint density at radius 2 is 2.16 bits per heavy atom. The number of rotatable bonds is 6. The second-order valence-corrected chi connectivity index (χ2v) is 6.15. The van der Waals surface area contributed by atoms with E-state index in [0.29, 0.717) is 37.8 Å². The molecule has 25 heavy (non-hydrogen) atoms. The van der Waals surface area contributed by atoms with E-state index >= 15 is 0 Å². The van der Waals surface area contributed by atoms with Crippen molar-refractivity contribution in [2.24, 2.45) is 0 Å². The number of hydrogen-bond donors (Lipinski definition) is 0. The lowest BCUT2D eigenvalue weighted by Crippen LogP contribution is -2.41. The molecule has 1 saturated heterocycles. The quantitative estimate of drug-likeness (QED) is 0.798. The zero-order valence-corrected chi connectivity index (χ0v) is 14.6. The smallest absolute Gasteiger partial charge is 0.252 e. The predicted octanol–water partition coefficient (Wildman–Crippen LogP) is 2.14. The van der Waals surface area contributed by atoms with Gasteiger partial charge in [-0.25, -0.2) is 0 Å². The number of benzene rings is 1. The van der Waals surface area contributed by atoms with Gasteiger partial charge in [0.05, 0.1) is 19.6 Å². The summed E-state index contributed by atoms with van der Waals surface area (Å²) in [5.41, 5.74) is 0.967. The number of carbonyl (C=O) groups is 1. The molecule has 1 aliphatic heterocycles. The zero-order valence-electron chi connectivity index (χ0n) is 14.6. The standard InChI is InChI=1S/C18H23N3O4/c1-13-19-17(25-20-13)12-24-15-6-8-21(9-7-15)18(22)11-14-4-3-5-16(10-14)23-2/h3-5,10,15H,6-9,11-12H2,1-2H3. The van der Waals surface area contributed by atoms with Crippen LogP contribution in [0.2, 0.25) is 0 Å². The minimum Gasteiger partial charge on any atom is -0.497 e. The Morgan fingerprint density at radius 3 is 2.84 bits per heavy atom. The van der Waals surface area contributed by atoms with Crippen molar-refractivity contribution in [1.82, 2.24) is 15.0 Å². The number of carbonyl (C=O) groups excluding carboxylic acids is 1. The monoisotopic (exact) mass is 345 g/mol. The van der Waals surface area contributed by atoms with Crippen LogP contribution in [0.4, 0.5) is 0 Å². The average molecular weight is 345 g/mol. The van der Waals surface area contributed by atoms with Gasteiger partial charge in [0.2, 0.25) is 5.91 Å². The van der Waals surface area contributed by atoms with Crippen molar-refractivity contribution >= 4 is 5.91 Å². The molecule has 0 saturated carbocycles. The highest BCUT2D eigenvalue weighted by molar-refractivity contribution is 5.79. The fourth-order valence-electron chi connectivity index (χ4n) is 2.93. The molecular weight excluding hydrogens is 322 g/mol. The lowest BCUT2D eigenvalue weighted by Gasteiger charge is -2.31. The van der Waals surface area contributed by atoms with Gasteiger partial charge in [-0.15, -0.1) is 0 Å². The number of likely N-dealkylation sites (tertiary alicyclic amines) is 1. The normalized spacial score (nSPS) is 15.4. The Bertz CT molecular complexity index is 708. The first kappa shape index (κ1) is 17.4. The maximum Gasteiger partial charge on any atom is 0.252 e. The number of amides is 1. The van der Waals surface area contributed by atoms with Crippen molar-refractivity contribution in [3.63, 3.8) is 0 Å². The molecule has 1 amide bonds. The number of hydrogen-bond acceptors (Lipinski definition) is 6. The molecule has 1 fully saturated rings. The van der Waals surface area contributed by atoms with Crippen molar-refractivity contribution in [1.29, 1.82) is 0 Å². The van der Waals surface area contributed by atoms with Crippen molar-refractivity contribution in [3.8, 4) is 5.75 Å². The van der Waals surface area contributed by atoms with Crippen LogP contribution in [0.3, 0.4) is 0 Å². The summed E-state index contributed by atoms with van der Waals surface area (Å²) in [7, 11) is 1.63. The van der Waals surface area contributed by atoms with Gasteiger partial charge >= 0.3 is 0 Å². The first-order valence-electron chi connectivity index (χ1n) is 8.45. The average Bonchev–Trinajstić information content (AvgIpc) is 3.06. The largest absolute Gasteiger partial charge is 0.497 e. The second kappa shape index (κ2) is 8.11. The maximum absolute atomic E-state index is 12.5. The van der Waals surface area contributed by atoms with Crippen LogP contribution in [0.5, 0.6) is 5.75 Å². The van der Waals surface area contributed by atoms with Crippen molar-refractivity contribution in [2.75, 3.05) is 20.2 Å². The van der Waals surface area contributed by atoms with E-state index in [1.807, 2.05) is 29.2 Å². The predicted molar refractivity (Wildman–Crippen MR) is 90.1 cm³/mol. The van der Waals surface area contributed by atoms with Gasteiger partial charge < -0.3 is 18.9 Å². The van der Waals surface area contributed by atoms with E-state index in [1.165, 1.54) is 0 Å². The van der Waals surface area contributed by atoms with Crippen LogP contribution in [0, 0.1) is 6.92 Å². The minimum absolute atomic E-state index is 0.119. The number of methoxy groups -OCH3 is 1. The van der Waals surface area contributed by atoms with Crippen LogP contribution in [0.1, 0.15) is 30.1 Å². The third-order valence-corrected chi connectivity index (χ3v) is 4.30. The lowest BCUT2D eigenvalue weighted by molar-refractivity contribution is -0.133. The summed E-state index contributed by atoms with van der Waals surface area (Å²) in [4.78, 5) is 18.5. The molecule has 1 aromatic carbocycles. The maximum atomic E-state index is 12.5. The van der Waals surface area contributed by atoms with E-state index in [1.54, 1.807) is 14.0 Å². The van der Waals surface area contributed by atoms with Crippen molar-refractivity contribution in [3.05, 3.63) is 41.5 Å². The summed E-state index contributed by atoms with van der Waals surface area (Å²) < 4.78 is 16.0. The number of aryl methyl sites for hydroxylation is 1. The second-order valence-electron chi connectivity index (χ2n) is 6.15. The first-order valence-corrected chi connectivity index (χ1v) is 8.45. The van der Waals surface area contributed by atoms with Gasteiger partial charge in [0.25, 0.3) is 5.89 Å². The highest BCUT2D eigenvalue weighted by Gasteiger charge is 2.23. The summed E-state index contributed by atoms with van der Waals surface area (Å²) in [6.45, 7) is 3.51. The van der Waals surface area contributed by atoms with Crippen molar-refractivity contribution in [2.45, 2.75) is 38.9 Å². The third-order valence-electron chi connectivity index (χ3n) is 4.30. The minimum atomic E-state index is 0.119. The summed E-state index contributed by atoms with van der Waals surface area (Å²) in [6, 6.07) is 7.63. The number of aromatic nitrogens is 2. The van der Waals surface area contributed by atoms with Gasteiger partial charge in [-0.05, 0) is 37.5 Å². The number of ether oxygens (including phenoxy) is 2. The van der Waals surface area contributed by atoms with Crippen LogP contribution in [-0.4, -0.2) is 47.3 Å². The highest BCUT2D eigenvalue weighted by Crippen LogP contribution is 2.18. The van der Waals surface area contributed by atoms with E-state index in [2.05, 4.69) is 10.1 Å². The summed E-state index contributed by atoms with van der Waals surface area (Å²) in [5.74, 6) is 2.01. The van der Waals surface area contributed by atoms with E-state index in [-0.39, 0.29) is 12.0 Å². The molecule has 2 aromatic rings. The van der Waals surface area contributed by atoms with E-state index in [0.717, 1.165) is 24.2 Å². The summed E-state index contributed by atoms with van der Waals surface area (Å²) in [6.07, 6.45) is 2.14. The molecule has 3 rings (SSSR count). The Labute approximate surface area is 146 Å². The Morgan fingerprint density at radius 1 is 1.36 bits per heavy atom. The first-order chi connectivity index (χ1) is 12.1. The van der Waals surface area contributed by atoms with Crippen LogP contribution < -0.4 is 4.74 Å². The molecule has 134 valence electrons. The third kappa shape index (κ3) is 4.79. The zero-order chi connectivity index (χ0) is 17.6. The Balaban J connectivity index is 1.44. The molecular formula is C18H23N3O4. The fourth-order valence-corrected chi connectivity index (χ4v) is 2.93. The molecule has 0 radical (unpaired) electrons. The van der Waals surface area contributed by atoms with Crippen LogP contribution in [0.25, 0.3) is 0 Å². The molecule has 0 spiro atoms. The van der Waals surface area contributed by atoms with Gasteiger partial charge in [0, 0.05) is 13.1 Å². The lowest BCUT2D eigenvalue weighted by atomic mass is 10.1. The van der Waals surface area contributed by atoms with Crippen LogP contribution in [-0.2, 0) is 22.6 Å². The molecule has 7 heteroatoms. The van der Waals surface area contributed by atoms with Crippen LogP contribution in [0.15, 0.2) is 28.8 Å². The molecule has 0 bridgehead atoms. The fraction of sp³-hybridized carbons (Fsp3) is 0.500. The van der Waals surface area contributed by atoms with Gasteiger partial charge in [0.1, 0.15) is 12.4 Å². The SMILES string of the molecule is COc1cccc(CC(=O)N2CCC(OCc3nc(C)no3)CC2)c1. The number of nitrogens with zero attached hydrogens (tertiary/aromatic N) is 3. The van der Waals surface area contributed by atoms with E-state index < -0.39 is 0 Å². The van der Waals surface area contributed by atoms with Gasteiger partial charge in [-0.2, -0.15) is 4.98 Å². The molecule has 1 aliphatic rings. The highest BCUT2D eigenvalue weighted by atomic mass is 16.5. The summed E-state index contributed by atoms with van der Waals surface area (Å²) in [5, 5.41) is 3.74. The van der Waals surface area contributed by atoms with Gasteiger partial charge in [-0.3, -0.25) is 4.79 Å². The summed E-state index contributed by atoms with van der Waals surface area (Å²) >= 11 is 0. The molecule has 1 aromatic heterocycles. The Hall–Kier alpha value is -2.41. The van der Waals surface area contributed by atoms with Gasteiger partial charge in [-0.1, -0.05) is 17.3 Å². The van der Waals surface area contributed by atoms with E-state index in [4.69, 9.17) is 14.0 Å². The molecule has 0 aliphatic carbocycles. The number of piperidine rings is 1. The molecule has 2 heterocycles. The Kier molecular flexibility index (Phi) is 5.65. The topological polar surface area (TPSA) is 77.7 Å². The van der Waals surface area contributed by atoms with Crippen molar-refractivity contribution < 1.29 is 18.8 Å². The van der Waals surface area contributed by atoms with E-state index in [9.17, 15) is 4.79 Å². The van der Waals surface area contributed by atoms with Gasteiger partial charge in [0.15, 0.2) is 5.82 Å². The molecule has 0 atom stereocenters. The molecule has 0 N–H and O–H groups in total.